The first-order chi connectivity index (χ1) is 8.22. The molecule has 1 saturated heterocycles. The van der Waals surface area contributed by atoms with Crippen LogP contribution >= 0.6 is 27.7 Å². The summed E-state index contributed by atoms with van der Waals surface area (Å²) in [6.07, 6.45) is 0. The van der Waals surface area contributed by atoms with Gasteiger partial charge in [0.2, 0.25) is 0 Å². The van der Waals surface area contributed by atoms with E-state index in [2.05, 4.69) is 63.0 Å². The molecule has 1 aliphatic heterocycles. The average Bonchev–Trinajstić information content (AvgIpc) is 2.32. The quantitative estimate of drug-likeness (QED) is 0.923. The summed E-state index contributed by atoms with van der Waals surface area (Å²) in [4.78, 5) is 2.54. The highest BCUT2D eigenvalue weighted by Gasteiger charge is 2.21. The summed E-state index contributed by atoms with van der Waals surface area (Å²) in [7, 11) is 2.00. The van der Waals surface area contributed by atoms with Gasteiger partial charge in [0.1, 0.15) is 0 Å². The molecule has 0 aliphatic carbocycles. The number of nitrogens with zero attached hydrogens (tertiary/aromatic N) is 1. The Labute approximate surface area is 116 Å². The molecule has 1 atom stereocenters. The van der Waals surface area contributed by atoms with Crippen LogP contribution in [0.5, 0.6) is 0 Å². The van der Waals surface area contributed by atoms with Gasteiger partial charge in [-0.05, 0) is 31.7 Å². The van der Waals surface area contributed by atoms with Crippen molar-refractivity contribution in [2.45, 2.75) is 19.5 Å². The second-order valence-electron chi connectivity index (χ2n) is 4.42. The summed E-state index contributed by atoms with van der Waals surface area (Å²) in [5, 5.41) is 3.25. The number of benzene rings is 1. The van der Waals surface area contributed by atoms with Crippen LogP contribution < -0.4 is 10.2 Å². The maximum atomic E-state index is 3.58. The van der Waals surface area contributed by atoms with Gasteiger partial charge in [-0.3, -0.25) is 0 Å². The van der Waals surface area contributed by atoms with Gasteiger partial charge in [0, 0.05) is 40.8 Å². The third kappa shape index (κ3) is 3.18. The molecule has 1 aliphatic rings. The van der Waals surface area contributed by atoms with E-state index < -0.39 is 0 Å². The number of thioether (sulfide) groups is 1. The van der Waals surface area contributed by atoms with Crippen molar-refractivity contribution < 1.29 is 0 Å². The van der Waals surface area contributed by atoms with Crippen LogP contribution in [0.1, 0.15) is 12.5 Å². The van der Waals surface area contributed by atoms with E-state index in [1.54, 1.807) is 0 Å². The van der Waals surface area contributed by atoms with Crippen molar-refractivity contribution >= 4 is 33.4 Å². The minimum absolute atomic E-state index is 0.624. The highest BCUT2D eigenvalue weighted by atomic mass is 79.9. The number of anilines is 1. The fourth-order valence-corrected chi connectivity index (χ4v) is 3.59. The highest BCUT2D eigenvalue weighted by molar-refractivity contribution is 9.10. The van der Waals surface area contributed by atoms with E-state index in [0.29, 0.717) is 6.04 Å². The van der Waals surface area contributed by atoms with Crippen LogP contribution in [0.3, 0.4) is 0 Å². The Morgan fingerprint density at radius 2 is 2.35 bits per heavy atom. The Morgan fingerprint density at radius 3 is 3.06 bits per heavy atom. The largest absolute Gasteiger partial charge is 0.367 e. The van der Waals surface area contributed by atoms with Gasteiger partial charge in [-0.1, -0.05) is 22.0 Å². The molecular formula is C13H19BrN2S. The maximum absolute atomic E-state index is 3.58. The van der Waals surface area contributed by atoms with Crippen LogP contribution in [0.4, 0.5) is 5.69 Å². The van der Waals surface area contributed by atoms with Gasteiger partial charge in [-0.25, -0.2) is 0 Å². The van der Waals surface area contributed by atoms with Gasteiger partial charge in [0.15, 0.2) is 0 Å². The summed E-state index contributed by atoms with van der Waals surface area (Å²) >= 11 is 5.64. The van der Waals surface area contributed by atoms with Crippen molar-refractivity contribution in [3.05, 3.63) is 28.2 Å². The number of nitrogens with one attached hydrogen (secondary N) is 1. The Morgan fingerprint density at radius 1 is 1.53 bits per heavy atom. The lowest BCUT2D eigenvalue weighted by molar-refractivity contribution is 0.690. The third-order valence-corrected chi connectivity index (χ3v) is 4.77. The van der Waals surface area contributed by atoms with Crippen molar-refractivity contribution in [1.82, 2.24) is 5.32 Å². The molecule has 2 nitrogen and oxygen atoms in total. The van der Waals surface area contributed by atoms with Crippen molar-refractivity contribution in [2.75, 3.05) is 30.0 Å². The van der Waals surface area contributed by atoms with Gasteiger partial charge in [0.25, 0.3) is 0 Å². The van der Waals surface area contributed by atoms with E-state index in [1.807, 2.05) is 7.05 Å². The summed E-state index contributed by atoms with van der Waals surface area (Å²) in [5.41, 5.74) is 2.76. The lowest BCUT2D eigenvalue weighted by atomic mass is 10.1. The van der Waals surface area contributed by atoms with Crippen LogP contribution in [0, 0.1) is 0 Å². The molecule has 94 valence electrons. The molecule has 0 spiro atoms. The highest BCUT2D eigenvalue weighted by Crippen LogP contribution is 2.30. The second kappa shape index (κ2) is 6.12. The van der Waals surface area contributed by atoms with Crippen molar-refractivity contribution in [3.8, 4) is 0 Å². The zero-order valence-electron chi connectivity index (χ0n) is 10.4. The van der Waals surface area contributed by atoms with Gasteiger partial charge in [-0.2, -0.15) is 11.8 Å². The van der Waals surface area contributed by atoms with E-state index >= 15 is 0 Å². The number of rotatable bonds is 3. The van der Waals surface area contributed by atoms with E-state index in [4.69, 9.17) is 0 Å². The molecule has 1 N–H and O–H groups in total. The van der Waals surface area contributed by atoms with E-state index in [1.165, 1.54) is 22.8 Å². The molecule has 1 aromatic carbocycles. The van der Waals surface area contributed by atoms with Crippen LogP contribution in [0.15, 0.2) is 22.7 Å². The van der Waals surface area contributed by atoms with Crippen molar-refractivity contribution in [2.24, 2.45) is 0 Å². The predicted octanol–water partition coefficient (Wildman–Crippen LogP) is 3.11. The molecule has 0 bridgehead atoms. The first kappa shape index (κ1) is 13.2. The Balaban J connectivity index is 2.30. The topological polar surface area (TPSA) is 15.3 Å². The van der Waals surface area contributed by atoms with Crippen LogP contribution in [-0.2, 0) is 6.54 Å². The van der Waals surface area contributed by atoms with Gasteiger partial charge < -0.3 is 10.2 Å². The lowest BCUT2D eigenvalue weighted by Gasteiger charge is -2.36. The Hall–Kier alpha value is -0.190. The first-order valence-electron chi connectivity index (χ1n) is 6.00. The number of halogens is 1. The zero-order chi connectivity index (χ0) is 12.3. The summed E-state index contributed by atoms with van der Waals surface area (Å²) < 4.78 is 1.16. The van der Waals surface area contributed by atoms with Gasteiger partial charge in [0.05, 0.1) is 0 Å². The molecule has 0 radical (unpaired) electrons. The summed E-state index contributed by atoms with van der Waals surface area (Å²) in [6, 6.07) is 7.21. The van der Waals surface area contributed by atoms with Crippen molar-refractivity contribution in [1.29, 1.82) is 0 Å². The molecule has 1 aromatic rings. The normalized spacial score (nSPS) is 20.6. The average molecular weight is 315 g/mol. The molecule has 1 unspecified atom stereocenters. The number of hydrogen-bond donors (Lipinski definition) is 1. The van der Waals surface area contributed by atoms with E-state index in [0.717, 1.165) is 17.6 Å². The monoisotopic (exact) mass is 314 g/mol. The molecule has 17 heavy (non-hydrogen) atoms. The number of hydrogen-bond acceptors (Lipinski definition) is 3. The Kier molecular flexibility index (Phi) is 4.77. The molecule has 0 saturated carbocycles. The zero-order valence-corrected chi connectivity index (χ0v) is 12.8. The van der Waals surface area contributed by atoms with Crippen LogP contribution in [0.25, 0.3) is 0 Å². The van der Waals surface area contributed by atoms with Crippen LogP contribution in [-0.4, -0.2) is 31.1 Å². The maximum Gasteiger partial charge on any atom is 0.0426 e. The molecule has 1 fully saturated rings. The Bertz CT molecular complexity index is 384. The minimum Gasteiger partial charge on any atom is -0.367 e. The minimum atomic E-state index is 0.624. The van der Waals surface area contributed by atoms with E-state index in [9.17, 15) is 0 Å². The molecule has 1 heterocycles. The predicted molar refractivity (Wildman–Crippen MR) is 81.0 cm³/mol. The molecule has 4 heteroatoms. The second-order valence-corrected chi connectivity index (χ2v) is 6.49. The fourth-order valence-electron chi connectivity index (χ4n) is 2.23. The summed E-state index contributed by atoms with van der Waals surface area (Å²) in [6.45, 7) is 4.40. The first-order valence-corrected chi connectivity index (χ1v) is 7.94. The third-order valence-electron chi connectivity index (χ3n) is 3.09. The molecule has 2 rings (SSSR count). The lowest BCUT2D eigenvalue weighted by Crippen LogP contribution is -2.41. The molecule has 0 amide bonds. The SMILES string of the molecule is CNCc1ccc(Br)cc1N1CCSCC1C. The van der Waals surface area contributed by atoms with Gasteiger partial charge in [-0.15, -0.1) is 0 Å². The fraction of sp³-hybridized carbons (Fsp3) is 0.538. The standard InChI is InChI=1S/C13H19BrN2S/c1-10-9-17-6-5-16(10)13-7-12(14)4-3-11(13)8-15-2/h3-4,7,10,15H,5-6,8-9H2,1-2H3. The van der Waals surface area contributed by atoms with Crippen LogP contribution in [0.2, 0.25) is 0 Å². The smallest absolute Gasteiger partial charge is 0.0426 e. The van der Waals surface area contributed by atoms with E-state index in [-0.39, 0.29) is 0 Å². The summed E-state index contributed by atoms with van der Waals surface area (Å²) in [5.74, 6) is 2.46. The van der Waals surface area contributed by atoms with Gasteiger partial charge >= 0.3 is 0 Å². The molecular weight excluding hydrogens is 296 g/mol. The van der Waals surface area contributed by atoms with Crippen molar-refractivity contribution in [3.63, 3.8) is 0 Å². The molecule has 0 aromatic heterocycles.